The average molecular weight is 324 g/mol. The van der Waals surface area contributed by atoms with Crippen molar-refractivity contribution in [1.29, 1.82) is 5.26 Å². The number of hydrogen-bond donors (Lipinski definition) is 3. The Balaban J connectivity index is 1.88. The maximum absolute atomic E-state index is 11.9. The first-order chi connectivity index (χ1) is 11.6. The molecule has 0 aliphatic rings. The lowest BCUT2D eigenvalue weighted by molar-refractivity contribution is 0.187. The largest absolute Gasteiger partial charge is 0.453 e. The number of amides is 3. The van der Waals surface area contributed by atoms with E-state index in [-0.39, 0.29) is 0 Å². The van der Waals surface area contributed by atoms with E-state index >= 15 is 0 Å². The first kappa shape index (κ1) is 16.8. The van der Waals surface area contributed by atoms with Gasteiger partial charge in [0, 0.05) is 12.2 Å². The lowest BCUT2D eigenvalue weighted by atomic mass is 10.2. The van der Waals surface area contributed by atoms with E-state index < -0.39 is 12.1 Å². The Morgan fingerprint density at radius 3 is 2.46 bits per heavy atom. The van der Waals surface area contributed by atoms with Gasteiger partial charge in [-0.1, -0.05) is 24.3 Å². The van der Waals surface area contributed by atoms with Crippen LogP contribution in [0.2, 0.25) is 0 Å². The zero-order chi connectivity index (χ0) is 17.4. The van der Waals surface area contributed by atoms with Crippen molar-refractivity contribution < 1.29 is 14.3 Å². The average Bonchev–Trinajstić information content (AvgIpc) is 2.61. The van der Waals surface area contributed by atoms with Gasteiger partial charge in [0.15, 0.2) is 0 Å². The number of ether oxygens (including phenoxy) is 1. The molecule has 0 aliphatic carbocycles. The lowest BCUT2D eigenvalue weighted by Crippen LogP contribution is -2.28. The minimum Gasteiger partial charge on any atom is -0.453 e. The van der Waals surface area contributed by atoms with Crippen molar-refractivity contribution >= 4 is 23.5 Å². The second-order valence-electron chi connectivity index (χ2n) is 4.78. The van der Waals surface area contributed by atoms with Gasteiger partial charge in [-0.25, -0.2) is 9.59 Å². The van der Waals surface area contributed by atoms with Crippen LogP contribution >= 0.6 is 0 Å². The molecule has 0 saturated carbocycles. The second-order valence-corrected chi connectivity index (χ2v) is 4.78. The molecule has 0 spiro atoms. The Bertz CT molecular complexity index is 766. The maximum atomic E-state index is 11.9. The predicted octanol–water partition coefficient (Wildman–Crippen LogP) is 3.06. The summed E-state index contributed by atoms with van der Waals surface area (Å²) < 4.78 is 4.50. The molecule has 2 aromatic rings. The van der Waals surface area contributed by atoms with Crippen LogP contribution in [0.15, 0.2) is 48.5 Å². The molecule has 122 valence electrons. The SMILES string of the molecule is COC(=O)Nc1ccc(CNC(=O)Nc2ccccc2C#N)cc1. The molecule has 2 rings (SSSR count). The number of nitriles is 1. The zero-order valence-electron chi connectivity index (χ0n) is 13.0. The van der Waals surface area contributed by atoms with E-state index in [1.54, 1.807) is 48.5 Å². The van der Waals surface area contributed by atoms with Crippen molar-refractivity contribution in [1.82, 2.24) is 5.32 Å². The van der Waals surface area contributed by atoms with Gasteiger partial charge in [0.25, 0.3) is 0 Å². The topological polar surface area (TPSA) is 103 Å². The van der Waals surface area contributed by atoms with Crippen molar-refractivity contribution in [3.05, 3.63) is 59.7 Å². The van der Waals surface area contributed by atoms with Crippen molar-refractivity contribution in [3.63, 3.8) is 0 Å². The smallest absolute Gasteiger partial charge is 0.411 e. The number of methoxy groups -OCH3 is 1. The number of carbonyl (C=O) groups excluding carboxylic acids is 2. The van der Waals surface area contributed by atoms with Crippen LogP contribution in [0.25, 0.3) is 0 Å². The minimum absolute atomic E-state index is 0.305. The molecular formula is C17H16N4O3. The molecule has 0 heterocycles. The third kappa shape index (κ3) is 4.74. The Hall–Kier alpha value is -3.53. The third-order valence-corrected chi connectivity index (χ3v) is 3.13. The monoisotopic (exact) mass is 324 g/mol. The Morgan fingerprint density at radius 1 is 1.08 bits per heavy atom. The van der Waals surface area contributed by atoms with Gasteiger partial charge in [-0.2, -0.15) is 5.26 Å². The molecule has 7 nitrogen and oxygen atoms in total. The second kappa shape index (κ2) is 8.19. The fourth-order valence-corrected chi connectivity index (χ4v) is 1.91. The van der Waals surface area contributed by atoms with E-state index in [2.05, 4.69) is 20.7 Å². The summed E-state index contributed by atoms with van der Waals surface area (Å²) in [4.78, 5) is 23.0. The van der Waals surface area contributed by atoms with E-state index in [1.807, 2.05) is 6.07 Å². The lowest BCUT2D eigenvalue weighted by Gasteiger charge is -2.09. The molecule has 3 N–H and O–H groups in total. The highest BCUT2D eigenvalue weighted by molar-refractivity contribution is 5.90. The van der Waals surface area contributed by atoms with Crippen LogP contribution < -0.4 is 16.0 Å². The number of para-hydroxylation sites is 1. The Morgan fingerprint density at radius 2 is 1.79 bits per heavy atom. The van der Waals surface area contributed by atoms with E-state index in [1.165, 1.54) is 7.11 Å². The highest BCUT2D eigenvalue weighted by Gasteiger charge is 2.06. The fourth-order valence-electron chi connectivity index (χ4n) is 1.91. The summed E-state index contributed by atoms with van der Waals surface area (Å²) in [5.74, 6) is 0. The molecule has 0 radical (unpaired) electrons. The Labute approximate surface area is 139 Å². The van der Waals surface area contributed by atoms with Crippen LogP contribution in [0.3, 0.4) is 0 Å². The molecule has 3 amide bonds. The summed E-state index contributed by atoms with van der Waals surface area (Å²) in [6.45, 7) is 0.305. The molecule has 2 aromatic carbocycles. The number of benzene rings is 2. The summed E-state index contributed by atoms with van der Waals surface area (Å²) in [5, 5.41) is 16.9. The van der Waals surface area contributed by atoms with Crippen molar-refractivity contribution in [2.45, 2.75) is 6.54 Å². The van der Waals surface area contributed by atoms with Crippen LogP contribution in [0.1, 0.15) is 11.1 Å². The van der Waals surface area contributed by atoms with Crippen LogP contribution in [0, 0.1) is 11.3 Å². The molecule has 0 bridgehead atoms. The number of carbonyl (C=O) groups is 2. The van der Waals surface area contributed by atoms with Gasteiger partial charge in [-0.15, -0.1) is 0 Å². The summed E-state index contributed by atoms with van der Waals surface area (Å²) in [7, 11) is 1.29. The van der Waals surface area contributed by atoms with Crippen LogP contribution in [0.4, 0.5) is 21.0 Å². The molecule has 0 fully saturated rings. The van der Waals surface area contributed by atoms with Crippen LogP contribution in [0.5, 0.6) is 0 Å². The molecule has 24 heavy (non-hydrogen) atoms. The van der Waals surface area contributed by atoms with Crippen molar-refractivity contribution in [3.8, 4) is 6.07 Å². The quantitative estimate of drug-likeness (QED) is 0.804. The van der Waals surface area contributed by atoms with Gasteiger partial charge in [-0.3, -0.25) is 5.32 Å². The standard InChI is InChI=1S/C17H16N4O3/c1-24-17(23)20-14-8-6-12(7-9-14)11-19-16(22)21-15-5-3-2-4-13(15)10-18/h2-9H,11H2,1H3,(H,20,23)(H2,19,21,22). The molecule has 0 aliphatic heterocycles. The minimum atomic E-state index is -0.545. The molecule has 0 aromatic heterocycles. The number of nitrogens with zero attached hydrogens (tertiary/aromatic N) is 1. The van der Waals surface area contributed by atoms with E-state index in [0.717, 1.165) is 5.56 Å². The van der Waals surface area contributed by atoms with Gasteiger partial charge in [0.2, 0.25) is 0 Å². The number of urea groups is 1. The molecule has 0 saturated heterocycles. The van der Waals surface area contributed by atoms with Gasteiger partial charge in [0.1, 0.15) is 6.07 Å². The van der Waals surface area contributed by atoms with Gasteiger partial charge in [-0.05, 0) is 29.8 Å². The number of rotatable bonds is 4. The number of anilines is 2. The molecule has 0 atom stereocenters. The fraction of sp³-hybridized carbons (Fsp3) is 0.118. The summed E-state index contributed by atoms with van der Waals surface area (Å²) >= 11 is 0. The first-order valence-corrected chi connectivity index (χ1v) is 7.10. The van der Waals surface area contributed by atoms with E-state index in [0.29, 0.717) is 23.5 Å². The molecular weight excluding hydrogens is 308 g/mol. The number of hydrogen-bond acceptors (Lipinski definition) is 4. The van der Waals surface area contributed by atoms with Crippen LogP contribution in [-0.4, -0.2) is 19.2 Å². The van der Waals surface area contributed by atoms with Gasteiger partial charge < -0.3 is 15.4 Å². The summed E-state index contributed by atoms with van der Waals surface area (Å²) in [6, 6.07) is 15.3. The van der Waals surface area contributed by atoms with Crippen LogP contribution in [-0.2, 0) is 11.3 Å². The third-order valence-electron chi connectivity index (χ3n) is 3.13. The summed E-state index contributed by atoms with van der Waals surface area (Å²) in [5.41, 5.74) is 2.30. The van der Waals surface area contributed by atoms with Crippen molar-refractivity contribution in [2.75, 3.05) is 17.7 Å². The van der Waals surface area contributed by atoms with Crippen molar-refractivity contribution in [2.24, 2.45) is 0 Å². The predicted molar refractivity (Wildman–Crippen MR) is 89.5 cm³/mol. The first-order valence-electron chi connectivity index (χ1n) is 7.10. The van der Waals surface area contributed by atoms with Gasteiger partial charge >= 0.3 is 12.1 Å². The highest BCUT2D eigenvalue weighted by atomic mass is 16.5. The highest BCUT2D eigenvalue weighted by Crippen LogP contribution is 2.13. The van der Waals surface area contributed by atoms with Gasteiger partial charge in [0.05, 0.1) is 18.4 Å². The normalized spacial score (nSPS) is 9.50. The number of nitrogens with one attached hydrogen (secondary N) is 3. The molecule has 7 heteroatoms. The van der Waals surface area contributed by atoms with E-state index in [9.17, 15) is 9.59 Å². The maximum Gasteiger partial charge on any atom is 0.411 e. The van der Waals surface area contributed by atoms with E-state index in [4.69, 9.17) is 5.26 Å². The summed E-state index contributed by atoms with van der Waals surface area (Å²) in [6.07, 6.45) is -0.545. The zero-order valence-corrected chi connectivity index (χ0v) is 13.0. The molecule has 0 unspecified atom stereocenters. The Kier molecular flexibility index (Phi) is 5.75.